The van der Waals surface area contributed by atoms with Crippen molar-refractivity contribution in [2.75, 3.05) is 19.8 Å². The number of aryl methyl sites for hydroxylation is 2. The van der Waals surface area contributed by atoms with E-state index in [0.717, 1.165) is 55.6 Å². The van der Waals surface area contributed by atoms with Gasteiger partial charge in [0.1, 0.15) is 0 Å². The highest BCUT2D eigenvalue weighted by molar-refractivity contribution is 6.31. The largest absolute Gasteiger partial charge is 0.381 e. The lowest BCUT2D eigenvalue weighted by Crippen LogP contribution is -2.18. The van der Waals surface area contributed by atoms with Crippen LogP contribution in [-0.2, 0) is 18.3 Å². The smallest absolute Gasteiger partial charge is 0.0860 e. The van der Waals surface area contributed by atoms with Crippen molar-refractivity contribution in [3.63, 3.8) is 0 Å². The van der Waals surface area contributed by atoms with Gasteiger partial charge in [-0.05, 0) is 26.3 Å². The fourth-order valence-corrected chi connectivity index (χ4v) is 1.95. The molecule has 1 aromatic rings. The average Bonchev–Trinajstić information content (AvgIpc) is 2.58. The van der Waals surface area contributed by atoms with E-state index in [1.165, 1.54) is 6.42 Å². The first-order valence-corrected chi connectivity index (χ1v) is 7.01. The van der Waals surface area contributed by atoms with Crippen LogP contribution in [0.5, 0.6) is 0 Å². The molecule has 0 aliphatic heterocycles. The third-order valence-corrected chi connectivity index (χ3v) is 3.33. The molecule has 4 nitrogen and oxygen atoms in total. The van der Waals surface area contributed by atoms with Gasteiger partial charge in [0.15, 0.2) is 0 Å². The lowest BCUT2D eigenvalue weighted by Gasteiger charge is -2.06. The Bertz CT molecular complexity index is 352. The zero-order valence-electron chi connectivity index (χ0n) is 11.6. The zero-order valence-corrected chi connectivity index (χ0v) is 12.4. The van der Waals surface area contributed by atoms with E-state index >= 15 is 0 Å². The second-order valence-corrected chi connectivity index (χ2v) is 4.84. The highest BCUT2D eigenvalue weighted by atomic mass is 35.5. The Kier molecular flexibility index (Phi) is 7.32. The summed E-state index contributed by atoms with van der Waals surface area (Å²) in [7, 11) is 1.92. The van der Waals surface area contributed by atoms with Crippen LogP contribution in [0.2, 0.25) is 5.02 Å². The van der Waals surface area contributed by atoms with Gasteiger partial charge in [-0.3, -0.25) is 4.68 Å². The lowest BCUT2D eigenvalue weighted by molar-refractivity contribution is 0.128. The SMILES string of the molecule is CCCCOCCCNCc1c(Cl)c(C)nn1C. The van der Waals surface area contributed by atoms with Crippen LogP contribution in [0.25, 0.3) is 0 Å². The van der Waals surface area contributed by atoms with E-state index in [1.807, 2.05) is 18.7 Å². The maximum atomic E-state index is 6.16. The average molecular weight is 274 g/mol. The van der Waals surface area contributed by atoms with E-state index in [9.17, 15) is 0 Å². The molecule has 0 aliphatic rings. The molecule has 1 heterocycles. The van der Waals surface area contributed by atoms with E-state index in [2.05, 4.69) is 17.3 Å². The first-order valence-electron chi connectivity index (χ1n) is 6.63. The molecule has 0 unspecified atom stereocenters. The van der Waals surface area contributed by atoms with Crippen molar-refractivity contribution in [3.8, 4) is 0 Å². The topological polar surface area (TPSA) is 39.1 Å². The summed E-state index contributed by atoms with van der Waals surface area (Å²) in [5.74, 6) is 0. The van der Waals surface area contributed by atoms with Crippen molar-refractivity contribution in [2.45, 2.75) is 39.7 Å². The van der Waals surface area contributed by atoms with Gasteiger partial charge in [0.05, 0.1) is 16.4 Å². The van der Waals surface area contributed by atoms with Gasteiger partial charge < -0.3 is 10.1 Å². The van der Waals surface area contributed by atoms with E-state index in [0.29, 0.717) is 0 Å². The number of unbranched alkanes of at least 4 members (excludes halogenated alkanes) is 1. The van der Waals surface area contributed by atoms with Crippen molar-refractivity contribution in [3.05, 3.63) is 16.4 Å². The molecular formula is C13H24ClN3O. The van der Waals surface area contributed by atoms with Gasteiger partial charge in [-0.15, -0.1) is 0 Å². The number of nitrogens with one attached hydrogen (secondary N) is 1. The molecule has 0 amide bonds. The molecule has 0 aromatic carbocycles. The first kappa shape index (κ1) is 15.5. The maximum absolute atomic E-state index is 6.16. The minimum absolute atomic E-state index is 0.755. The Hall–Kier alpha value is -0.580. The van der Waals surface area contributed by atoms with Crippen LogP contribution < -0.4 is 5.32 Å². The molecule has 1 N–H and O–H groups in total. The number of halogens is 1. The Morgan fingerprint density at radius 2 is 2.06 bits per heavy atom. The van der Waals surface area contributed by atoms with Gasteiger partial charge in [0.2, 0.25) is 0 Å². The predicted octanol–water partition coefficient (Wildman–Crippen LogP) is 2.68. The van der Waals surface area contributed by atoms with Crippen LogP contribution in [-0.4, -0.2) is 29.5 Å². The summed E-state index contributed by atoms with van der Waals surface area (Å²) in [4.78, 5) is 0. The molecule has 1 rings (SSSR count). The van der Waals surface area contributed by atoms with E-state index < -0.39 is 0 Å². The van der Waals surface area contributed by atoms with Gasteiger partial charge in [-0.1, -0.05) is 24.9 Å². The molecule has 0 saturated carbocycles. The Balaban J connectivity index is 2.11. The van der Waals surface area contributed by atoms with E-state index in [-0.39, 0.29) is 0 Å². The standard InChI is InChI=1S/C13H24ClN3O/c1-4-5-8-18-9-6-7-15-10-12-13(14)11(2)16-17(12)3/h15H,4-10H2,1-3H3. The molecule has 0 aliphatic carbocycles. The van der Waals surface area contributed by atoms with Gasteiger partial charge in [0.25, 0.3) is 0 Å². The number of ether oxygens (including phenoxy) is 1. The van der Waals surface area contributed by atoms with Crippen molar-refractivity contribution in [1.29, 1.82) is 0 Å². The van der Waals surface area contributed by atoms with Gasteiger partial charge in [-0.2, -0.15) is 5.10 Å². The second-order valence-electron chi connectivity index (χ2n) is 4.47. The third-order valence-electron chi connectivity index (χ3n) is 2.84. The zero-order chi connectivity index (χ0) is 13.4. The fraction of sp³-hybridized carbons (Fsp3) is 0.769. The number of aromatic nitrogens is 2. The van der Waals surface area contributed by atoms with Crippen LogP contribution in [0, 0.1) is 6.92 Å². The second kappa shape index (κ2) is 8.51. The molecule has 1 aromatic heterocycles. The Labute approximate surface area is 115 Å². The highest BCUT2D eigenvalue weighted by Gasteiger charge is 2.09. The molecule has 5 heteroatoms. The number of hydrogen-bond donors (Lipinski definition) is 1. The van der Waals surface area contributed by atoms with Crippen LogP contribution in [0.4, 0.5) is 0 Å². The van der Waals surface area contributed by atoms with Crippen LogP contribution in [0.1, 0.15) is 37.6 Å². The van der Waals surface area contributed by atoms with Crippen molar-refractivity contribution < 1.29 is 4.74 Å². The van der Waals surface area contributed by atoms with E-state index in [1.54, 1.807) is 0 Å². The summed E-state index contributed by atoms with van der Waals surface area (Å²) in [5.41, 5.74) is 1.93. The number of hydrogen-bond acceptors (Lipinski definition) is 3. The Morgan fingerprint density at radius 3 is 2.67 bits per heavy atom. The minimum Gasteiger partial charge on any atom is -0.381 e. The minimum atomic E-state index is 0.755. The van der Waals surface area contributed by atoms with Crippen molar-refractivity contribution in [1.82, 2.24) is 15.1 Å². The summed E-state index contributed by atoms with van der Waals surface area (Å²) >= 11 is 6.16. The summed E-state index contributed by atoms with van der Waals surface area (Å²) in [6.45, 7) is 7.49. The quantitative estimate of drug-likeness (QED) is 0.703. The summed E-state index contributed by atoms with van der Waals surface area (Å²) in [6.07, 6.45) is 3.37. The summed E-state index contributed by atoms with van der Waals surface area (Å²) in [5, 5.41) is 8.41. The van der Waals surface area contributed by atoms with Gasteiger partial charge in [0, 0.05) is 26.8 Å². The molecular weight excluding hydrogens is 250 g/mol. The normalized spacial score (nSPS) is 11.1. The maximum Gasteiger partial charge on any atom is 0.0860 e. The predicted molar refractivity (Wildman–Crippen MR) is 75.0 cm³/mol. The number of rotatable bonds is 9. The monoisotopic (exact) mass is 273 g/mol. The van der Waals surface area contributed by atoms with Gasteiger partial charge in [-0.25, -0.2) is 0 Å². The van der Waals surface area contributed by atoms with E-state index in [4.69, 9.17) is 16.3 Å². The van der Waals surface area contributed by atoms with Gasteiger partial charge >= 0.3 is 0 Å². The van der Waals surface area contributed by atoms with Crippen LogP contribution in [0.3, 0.4) is 0 Å². The third kappa shape index (κ3) is 4.96. The summed E-state index contributed by atoms with van der Waals surface area (Å²) < 4.78 is 7.33. The van der Waals surface area contributed by atoms with Crippen LogP contribution in [0.15, 0.2) is 0 Å². The van der Waals surface area contributed by atoms with Crippen LogP contribution >= 0.6 is 11.6 Å². The number of nitrogens with zero attached hydrogens (tertiary/aromatic N) is 2. The molecule has 0 bridgehead atoms. The molecule has 0 fully saturated rings. The molecule has 0 saturated heterocycles. The highest BCUT2D eigenvalue weighted by Crippen LogP contribution is 2.18. The van der Waals surface area contributed by atoms with Crippen molar-refractivity contribution in [2.24, 2.45) is 7.05 Å². The molecule has 104 valence electrons. The van der Waals surface area contributed by atoms with Crippen molar-refractivity contribution >= 4 is 11.6 Å². The molecule has 0 spiro atoms. The molecule has 0 atom stereocenters. The first-order chi connectivity index (χ1) is 8.66. The molecule has 0 radical (unpaired) electrons. The Morgan fingerprint density at radius 1 is 1.33 bits per heavy atom. The molecule has 18 heavy (non-hydrogen) atoms. The summed E-state index contributed by atoms with van der Waals surface area (Å²) in [6, 6.07) is 0. The lowest BCUT2D eigenvalue weighted by atomic mass is 10.3. The fourth-order valence-electron chi connectivity index (χ4n) is 1.73.